The highest BCUT2D eigenvalue weighted by molar-refractivity contribution is 5.97. The smallest absolute Gasteiger partial charge is 0.257 e. The van der Waals surface area contributed by atoms with Gasteiger partial charge in [-0.3, -0.25) is 9.59 Å². The highest BCUT2D eigenvalue weighted by Crippen LogP contribution is 2.46. The minimum Gasteiger partial charge on any atom is -0.496 e. The van der Waals surface area contributed by atoms with Crippen LogP contribution < -0.4 is 4.74 Å². The fourth-order valence-corrected chi connectivity index (χ4v) is 4.86. The second-order valence-corrected chi connectivity index (χ2v) is 7.95. The second kappa shape index (κ2) is 7.50. The quantitative estimate of drug-likeness (QED) is 0.799. The molecule has 0 N–H and O–H groups in total. The van der Waals surface area contributed by atoms with E-state index >= 15 is 0 Å². The number of nitrogens with zero attached hydrogens (tertiary/aromatic N) is 2. The molecule has 0 bridgehead atoms. The average molecular weight is 396 g/mol. The van der Waals surface area contributed by atoms with Crippen LogP contribution in [0.4, 0.5) is 4.39 Å². The van der Waals surface area contributed by atoms with E-state index in [9.17, 15) is 14.0 Å². The topological polar surface area (TPSA) is 49.9 Å². The zero-order valence-corrected chi connectivity index (χ0v) is 16.9. The summed E-state index contributed by atoms with van der Waals surface area (Å²) in [5.41, 5.74) is 2.66. The first-order valence-corrected chi connectivity index (χ1v) is 9.86. The molecule has 2 amide bonds. The monoisotopic (exact) mass is 396 g/mol. The molecule has 152 valence electrons. The van der Waals surface area contributed by atoms with Crippen molar-refractivity contribution in [1.29, 1.82) is 0 Å². The molecule has 2 aromatic carbocycles. The zero-order chi connectivity index (χ0) is 20.7. The lowest BCUT2D eigenvalue weighted by atomic mass is 9.87. The predicted octanol–water partition coefficient (Wildman–Crippen LogP) is 3.43. The van der Waals surface area contributed by atoms with E-state index in [1.54, 1.807) is 6.92 Å². The van der Waals surface area contributed by atoms with Crippen molar-refractivity contribution in [1.82, 2.24) is 9.80 Å². The highest BCUT2D eigenvalue weighted by atomic mass is 19.1. The van der Waals surface area contributed by atoms with Crippen molar-refractivity contribution in [2.75, 3.05) is 26.7 Å². The molecule has 5 nitrogen and oxygen atoms in total. The summed E-state index contributed by atoms with van der Waals surface area (Å²) < 4.78 is 18.7. The summed E-state index contributed by atoms with van der Waals surface area (Å²) in [6.07, 6.45) is 0. The minimum atomic E-state index is -0.437. The summed E-state index contributed by atoms with van der Waals surface area (Å²) in [4.78, 5) is 29.2. The summed E-state index contributed by atoms with van der Waals surface area (Å²) >= 11 is 0. The van der Waals surface area contributed by atoms with Gasteiger partial charge in [0.15, 0.2) is 0 Å². The molecule has 3 atom stereocenters. The fourth-order valence-electron chi connectivity index (χ4n) is 4.86. The maximum absolute atomic E-state index is 13.5. The Kier molecular flexibility index (Phi) is 5.03. The average Bonchev–Trinajstić information content (AvgIpc) is 3.26. The van der Waals surface area contributed by atoms with Gasteiger partial charge in [0, 0.05) is 44.5 Å². The standard InChI is InChI=1S/C23H25FN2O3/c1-14-6-4-5-7-18(14)22-20-13-25(11-16(20)12-26(22)15(2)27)23(28)19-9-8-17(24)10-21(19)29-3/h4-10,16,20,22H,11-13H2,1-3H3/t16-,20-,22+/m1/s1. The van der Waals surface area contributed by atoms with Crippen LogP contribution in [-0.4, -0.2) is 48.4 Å². The molecular formula is C23H25FN2O3. The fraction of sp³-hybridized carbons (Fsp3) is 0.391. The van der Waals surface area contributed by atoms with Gasteiger partial charge in [-0.1, -0.05) is 24.3 Å². The van der Waals surface area contributed by atoms with E-state index in [0.717, 1.165) is 11.1 Å². The van der Waals surface area contributed by atoms with Crippen LogP contribution in [0.15, 0.2) is 42.5 Å². The number of fused-ring (bicyclic) bond motifs is 1. The number of carbonyl (C=O) groups is 2. The molecule has 29 heavy (non-hydrogen) atoms. The number of aryl methyl sites for hydroxylation is 1. The molecule has 6 heteroatoms. The molecular weight excluding hydrogens is 371 g/mol. The summed E-state index contributed by atoms with van der Waals surface area (Å²) in [7, 11) is 1.43. The lowest BCUT2D eigenvalue weighted by molar-refractivity contribution is -0.130. The van der Waals surface area contributed by atoms with E-state index in [2.05, 4.69) is 19.1 Å². The van der Waals surface area contributed by atoms with Crippen LogP contribution in [0.1, 0.15) is 34.5 Å². The number of halogens is 1. The third-order valence-corrected chi connectivity index (χ3v) is 6.26. The zero-order valence-electron chi connectivity index (χ0n) is 16.9. The molecule has 0 unspecified atom stereocenters. The number of likely N-dealkylation sites (tertiary alicyclic amines) is 2. The van der Waals surface area contributed by atoms with Gasteiger partial charge < -0.3 is 14.5 Å². The number of hydrogen-bond acceptors (Lipinski definition) is 3. The van der Waals surface area contributed by atoms with Crippen molar-refractivity contribution in [2.24, 2.45) is 11.8 Å². The van der Waals surface area contributed by atoms with Gasteiger partial charge in [-0.15, -0.1) is 0 Å². The van der Waals surface area contributed by atoms with Gasteiger partial charge in [-0.05, 0) is 30.2 Å². The number of hydrogen-bond donors (Lipinski definition) is 0. The molecule has 0 radical (unpaired) electrons. The van der Waals surface area contributed by atoms with E-state index in [1.165, 1.54) is 25.3 Å². The van der Waals surface area contributed by atoms with E-state index in [4.69, 9.17) is 4.74 Å². The van der Waals surface area contributed by atoms with Gasteiger partial charge in [0.1, 0.15) is 11.6 Å². The van der Waals surface area contributed by atoms with Gasteiger partial charge in [-0.25, -0.2) is 4.39 Å². The van der Waals surface area contributed by atoms with Gasteiger partial charge in [0.05, 0.1) is 18.7 Å². The van der Waals surface area contributed by atoms with Crippen LogP contribution in [0.5, 0.6) is 5.75 Å². The van der Waals surface area contributed by atoms with Crippen molar-refractivity contribution in [3.8, 4) is 5.75 Å². The largest absolute Gasteiger partial charge is 0.496 e. The Morgan fingerprint density at radius 1 is 1.10 bits per heavy atom. The second-order valence-electron chi connectivity index (χ2n) is 7.95. The first-order valence-electron chi connectivity index (χ1n) is 9.86. The van der Waals surface area contributed by atoms with Crippen LogP contribution in [0.25, 0.3) is 0 Å². The first-order chi connectivity index (χ1) is 13.9. The Morgan fingerprint density at radius 3 is 2.55 bits per heavy atom. The number of rotatable bonds is 3. The van der Waals surface area contributed by atoms with Crippen LogP contribution in [0, 0.1) is 24.6 Å². The van der Waals surface area contributed by atoms with E-state index < -0.39 is 5.82 Å². The Labute approximate surface area is 170 Å². The highest BCUT2D eigenvalue weighted by Gasteiger charge is 2.49. The van der Waals surface area contributed by atoms with Crippen LogP contribution in [-0.2, 0) is 4.79 Å². The van der Waals surface area contributed by atoms with E-state index in [-0.39, 0.29) is 35.4 Å². The maximum Gasteiger partial charge on any atom is 0.257 e. The molecule has 2 aromatic rings. The molecule has 2 aliphatic rings. The lowest BCUT2D eigenvalue weighted by Crippen LogP contribution is -2.36. The number of methoxy groups -OCH3 is 1. The Hall–Kier alpha value is -2.89. The first kappa shape index (κ1) is 19.4. The van der Waals surface area contributed by atoms with Crippen molar-refractivity contribution in [3.63, 3.8) is 0 Å². The van der Waals surface area contributed by atoms with Crippen LogP contribution in [0.2, 0.25) is 0 Å². The van der Waals surface area contributed by atoms with Crippen molar-refractivity contribution in [3.05, 3.63) is 65.0 Å². The molecule has 0 saturated carbocycles. The number of benzene rings is 2. The third kappa shape index (κ3) is 3.37. The number of amides is 2. The number of carbonyl (C=O) groups excluding carboxylic acids is 2. The van der Waals surface area contributed by atoms with Crippen molar-refractivity contribution in [2.45, 2.75) is 19.9 Å². The number of ether oxygens (including phenoxy) is 1. The van der Waals surface area contributed by atoms with Crippen molar-refractivity contribution >= 4 is 11.8 Å². The Balaban J connectivity index is 1.62. The van der Waals surface area contributed by atoms with Crippen molar-refractivity contribution < 1.29 is 18.7 Å². The summed E-state index contributed by atoms with van der Waals surface area (Å²) in [6.45, 7) is 5.45. The van der Waals surface area contributed by atoms with Gasteiger partial charge in [-0.2, -0.15) is 0 Å². The molecule has 0 aromatic heterocycles. The van der Waals surface area contributed by atoms with Crippen LogP contribution >= 0.6 is 0 Å². The molecule has 2 fully saturated rings. The molecule has 2 aliphatic heterocycles. The van der Waals surface area contributed by atoms with Gasteiger partial charge in [0.2, 0.25) is 5.91 Å². The molecule has 0 aliphatic carbocycles. The summed E-state index contributed by atoms with van der Waals surface area (Å²) in [5, 5.41) is 0. The SMILES string of the molecule is COc1cc(F)ccc1C(=O)N1C[C@@H]2CN(C(C)=O)[C@@H](c3ccccc3C)[C@@H]2C1. The molecule has 0 spiro atoms. The summed E-state index contributed by atoms with van der Waals surface area (Å²) in [5.74, 6) is 0.107. The Morgan fingerprint density at radius 2 is 1.86 bits per heavy atom. The third-order valence-electron chi connectivity index (χ3n) is 6.26. The van der Waals surface area contributed by atoms with Gasteiger partial charge in [0.25, 0.3) is 5.91 Å². The predicted molar refractivity (Wildman–Crippen MR) is 107 cm³/mol. The maximum atomic E-state index is 13.5. The normalized spacial score (nSPS) is 23.2. The minimum absolute atomic E-state index is 0.0355. The Bertz CT molecular complexity index is 961. The lowest BCUT2D eigenvalue weighted by Gasteiger charge is -2.30. The van der Waals surface area contributed by atoms with E-state index in [0.29, 0.717) is 25.2 Å². The summed E-state index contributed by atoms with van der Waals surface area (Å²) in [6, 6.07) is 12.1. The molecule has 2 heterocycles. The molecule has 2 saturated heterocycles. The molecule has 4 rings (SSSR count). The van der Waals surface area contributed by atoms with E-state index in [1.807, 2.05) is 21.9 Å². The van der Waals surface area contributed by atoms with Crippen LogP contribution in [0.3, 0.4) is 0 Å². The van der Waals surface area contributed by atoms with Gasteiger partial charge >= 0.3 is 0 Å².